The second-order valence-corrected chi connectivity index (χ2v) is 21.0. The lowest BCUT2D eigenvalue weighted by Gasteiger charge is -2.27. The SMILES string of the molecule is CC(C)(C)c1cc(-[n+]2[c-]n(-c3cncc(Oc4ccc5c6cc(C(C)(C)C)ccc6n(-c6cc(C(C)(C)C)ccn6)c5c4)c3)cc2C(C)(C)C)cc(C(C)(C)C)c1. The van der Waals surface area contributed by atoms with Crippen LogP contribution in [-0.4, -0.2) is 19.1 Å². The number of benzene rings is 3. The molecule has 6 nitrogen and oxygen atoms in total. The van der Waals surface area contributed by atoms with Gasteiger partial charge in [-0.1, -0.05) is 116 Å². The van der Waals surface area contributed by atoms with Gasteiger partial charge in [-0.3, -0.25) is 18.7 Å². The molecule has 0 unspecified atom stereocenters. The van der Waals surface area contributed by atoms with Crippen LogP contribution in [-0.2, 0) is 27.1 Å². The van der Waals surface area contributed by atoms with E-state index in [0.717, 1.165) is 45.1 Å². The van der Waals surface area contributed by atoms with E-state index in [4.69, 9.17) is 9.72 Å². The fraction of sp³-hybridized carbons (Fsp3) is 0.392. The third-order valence-electron chi connectivity index (χ3n) is 11.0. The van der Waals surface area contributed by atoms with Gasteiger partial charge in [0.25, 0.3) is 6.33 Å². The summed E-state index contributed by atoms with van der Waals surface area (Å²) < 4.78 is 13.2. The third-order valence-corrected chi connectivity index (χ3v) is 11.0. The summed E-state index contributed by atoms with van der Waals surface area (Å²) in [4.78, 5) is 9.57. The van der Waals surface area contributed by atoms with Crippen LogP contribution in [0, 0.1) is 6.33 Å². The summed E-state index contributed by atoms with van der Waals surface area (Å²) in [6.07, 6.45) is 11.4. The molecule has 57 heavy (non-hydrogen) atoms. The molecular weight excluding hydrogens is 699 g/mol. The summed E-state index contributed by atoms with van der Waals surface area (Å²) >= 11 is 0. The van der Waals surface area contributed by atoms with Crippen molar-refractivity contribution in [3.63, 3.8) is 0 Å². The molecule has 3 aromatic carbocycles. The number of hydrogen-bond acceptors (Lipinski definition) is 3. The van der Waals surface area contributed by atoms with E-state index >= 15 is 0 Å². The molecule has 7 rings (SSSR count). The molecule has 0 amide bonds. The van der Waals surface area contributed by atoms with Crippen LogP contribution in [0.15, 0.2) is 97.6 Å². The maximum atomic E-state index is 6.66. The summed E-state index contributed by atoms with van der Waals surface area (Å²) in [5, 5.41) is 2.36. The molecule has 0 fully saturated rings. The predicted octanol–water partition coefficient (Wildman–Crippen LogP) is 12.7. The predicted molar refractivity (Wildman–Crippen MR) is 236 cm³/mol. The van der Waals surface area contributed by atoms with Crippen molar-refractivity contribution in [1.29, 1.82) is 0 Å². The fourth-order valence-electron chi connectivity index (χ4n) is 7.35. The highest BCUT2D eigenvalue weighted by atomic mass is 16.5. The van der Waals surface area contributed by atoms with E-state index in [1.165, 1.54) is 27.6 Å². The fourth-order valence-corrected chi connectivity index (χ4v) is 7.35. The molecule has 0 radical (unpaired) electrons. The Bertz CT molecular complexity index is 2590. The van der Waals surface area contributed by atoms with Crippen molar-refractivity contribution >= 4 is 21.8 Å². The van der Waals surface area contributed by atoms with Crippen LogP contribution >= 0.6 is 0 Å². The molecule has 0 spiro atoms. The summed E-state index contributed by atoms with van der Waals surface area (Å²) in [5.41, 5.74) is 10.3. The lowest BCUT2D eigenvalue weighted by atomic mass is 9.80. The normalized spacial score (nSPS) is 13.2. The van der Waals surface area contributed by atoms with Crippen molar-refractivity contribution < 1.29 is 9.30 Å². The third kappa shape index (κ3) is 8.01. The molecule has 4 heterocycles. The van der Waals surface area contributed by atoms with E-state index in [-0.39, 0.29) is 27.1 Å². The van der Waals surface area contributed by atoms with Crippen LogP contribution in [0.3, 0.4) is 0 Å². The number of aromatic nitrogens is 5. The molecule has 0 N–H and O–H groups in total. The first-order valence-corrected chi connectivity index (χ1v) is 20.3. The molecule has 4 aromatic heterocycles. The van der Waals surface area contributed by atoms with Crippen molar-refractivity contribution in [3.05, 3.63) is 132 Å². The highest BCUT2D eigenvalue weighted by Gasteiger charge is 2.26. The second-order valence-electron chi connectivity index (χ2n) is 21.0. The van der Waals surface area contributed by atoms with Gasteiger partial charge in [-0.2, -0.15) is 0 Å². The zero-order valence-electron chi connectivity index (χ0n) is 36.9. The number of hydrogen-bond donors (Lipinski definition) is 0. The molecule has 0 atom stereocenters. The number of ether oxygens (including phenoxy) is 1. The number of imidazole rings is 1. The zero-order chi connectivity index (χ0) is 41.5. The van der Waals surface area contributed by atoms with Crippen LogP contribution in [0.2, 0.25) is 0 Å². The van der Waals surface area contributed by atoms with Gasteiger partial charge in [0.2, 0.25) is 0 Å². The quantitative estimate of drug-likeness (QED) is 0.130. The Hall–Kier alpha value is -5.23. The molecular formula is C51H61N5O. The number of nitrogens with zero attached hydrogens (tertiary/aromatic N) is 5. The van der Waals surface area contributed by atoms with Gasteiger partial charge in [0.05, 0.1) is 34.3 Å². The molecule has 0 saturated carbocycles. The number of pyridine rings is 2. The minimum atomic E-state index is -0.147. The van der Waals surface area contributed by atoms with Crippen LogP contribution in [0.1, 0.15) is 132 Å². The van der Waals surface area contributed by atoms with E-state index in [9.17, 15) is 0 Å². The smallest absolute Gasteiger partial charge is 0.269 e. The Labute approximate surface area is 340 Å². The number of rotatable bonds is 5. The second kappa shape index (κ2) is 13.7. The average Bonchev–Trinajstić information content (AvgIpc) is 3.71. The first-order chi connectivity index (χ1) is 26.4. The Morgan fingerprint density at radius 1 is 0.544 bits per heavy atom. The van der Waals surface area contributed by atoms with Crippen LogP contribution in [0.25, 0.3) is 39.0 Å². The Morgan fingerprint density at radius 2 is 1.18 bits per heavy atom. The van der Waals surface area contributed by atoms with Gasteiger partial charge < -0.3 is 4.74 Å². The lowest BCUT2D eigenvalue weighted by molar-refractivity contribution is -0.611. The first kappa shape index (κ1) is 40.0. The van der Waals surface area contributed by atoms with Gasteiger partial charge in [-0.15, -0.1) is 0 Å². The van der Waals surface area contributed by atoms with Crippen molar-refractivity contribution in [2.45, 2.75) is 131 Å². The van der Waals surface area contributed by atoms with E-state index in [0.29, 0.717) is 5.75 Å². The van der Waals surface area contributed by atoms with Crippen LogP contribution < -0.4 is 9.30 Å². The van der Waals surface area contributed by atoms with Crippen molar-refractivity contribution in [3.8, 4) is 28.7 Å². The molecule has 0 saturated heterocycles. The highest BCUT2D eigenvalue weighted by molar-refractivity contribution is 6.09. The molecule has 296 valence electrons. The zero-order valence-corrected chi connectivity index (χ0v) is 36.9. The maximum absolute atomic E-state index is 6.66. The van der Waals surface area contributed by atoms with Gasteiger partial charge in [0, 0.05) is 35.4 Å². The molecule has 0 aliphatic rings. The molecule has 0 bridgehead atoms. The molecule has 0 aliphatic heterocycles. The Kier molecular flexibility index (Phi) is 9.62. The van der Waals surface area contributed by atoms with Gasteiger partial charge in [0.1, 0.15) is 17.3 Å². The van der Waals surface area contributed by atoms with Crippen LogP contribution in [0.5, 0.6) is 11.5 Å². The molecule has 0 aliphatic carbocycles. The van der Waals surface area contributed by atoms with Crippen LogP contribution in [0.4, 0.5) is 0 Å². The average molecular weight is 760 g/mol. The summed E-state index contributed by atoms with van der Waals surface area (Å²) in [6.45, 7) is 33.9. The highest BCUT2D eigenvalue weighted by Crippen LogP contribution is 2.38. The van der Waals surface area contributed by atoms with Gasteiger partial charge in [-0.05, 0) is 104 Å². The molecule has 7 aromatic rings. The monoisotopic (exact) mass is 759 g/mol. The Balaban J connectivity index is 1.32. The summed E-state index contributed by atoms with van der Waals surface area (Å²) in [6, 6.07) is 26.6. The summed E-state index contributed by atoms with van der Waals surface area (Å²) in [7, 11) is 0. The standard InChI is InChI=1S/C51H61N5O/c1-47(2,3)33-16-19-43-42(25-33)41-18-17-39(28-44(41)56(43)46-26-34(20-21-53-46)48(4,5)6)57-40-27-38(29-52-30-40)54-31-45(51(13,14)15)55(32-54)37-23-35(49(7,8)9)22-36(24-37)50(10,11)12/h16-31H,1-15H3. The van der Waals surface area contributed by atoms with Crippen molar-refractivity contribution in [1.82, 2.24) is 19.1 Å². The van der Waals surface area contributed by atoms with Crippen molar-refractivity contribution in [2.75, 3.05) is 0 Å². The van der Waals surface area contributed by atoms with Gasteiger partial charge in [0.15, 0.2) is 0 Å². The Morgan fingerprint density at radius 3 is 1.79 bits per heavy atom. The summed E-state index contributed by atoms with van der Waals surface area (Å²) in [5.74, 6) is 2.26. The minimum absolute atomic E-state index is 0.00363. The van der Waals surface area contributed by atoms with E-state index in [1.54, 1.807) is 6.20 Å². The van der Waals surface area contributed by atoms with Gasteiger partial charge >= 0.3 is 0 Å². The minimum Gasteiger partial charge on any atom is -0.456 e. The maximum Gasteiger partial charge on any atom is 0.269 e. The largest absolute Gasteiger partial charge is 0.456 e. The van der Waals surface area contributed by atoms with Gasteiger partial charge in [-0.25, -0.2) is 4.98 Å². The van der Waals surface area contributed by atoms with Crippen molar-refractivity contribution in [2.24, 2.45) is 0 Å². The topological polar surface area (TPSA) is 48.8 Å². The van der Waals surface area contributed by atoms with E-state index < -0.39 is 0 Å². The van der Waals surface area contributed by atoms with E-state index in [2.05, 4.69) is 197 Å². The first-order valence-electron chi connectivity index (χ1n) is 20.3. The molecule has 6 heteroatoms. The number of fused-ring (bicyclic) bond motifs is 3. The lowest BCUT2D eigenvalue weighted by Crippen LogP contribution is -2.39. The van der Waals surface area contributed by atoms with E-state index in [1.807, 2.05) is 23.0 Å².